The van der Waals surface area contributed by atoms with Crippen molar-refractivity contribution in [3.05, 3.63) is 29.8 Å². The van der Waals surface area contributed by atoms with E-state index in [0.29, 0.717) is 30.4 Å². The van der Waals surface area contributed by atoms with E-state index in [4.69, 9.17) is 4.74 Å². The number of carbonyl (C=O) groups excluding carboxylic acids is 1. The summed E-state index contributed by atoms with van der Waals surface area (Å²) >= 11 is 0. The topological polar surface area (TPSA) is 66.9 Å². The maximum Gasteiger partial charge on any atom is 0.223 e. The molecule has 0 bridgehead atoms. The van der Waals surface area contributed by atoms with Gasteiger partial charge < -0.3 is 9.64 Å². The summed E-state index contributed by atoms with van der Waals surface area (Å²) in [5.74, 6) is 0.687. The van der Waals surface area contributed by atoms with Crippen LogP contribution in [0.4, 0.5) is 0 Å². The highest BCUT2D eigenvalue weighted by molar-refractivity contribution is 7.90. The van der Waals surface area contributed by atoms with E-state index in [1.807, 2.05) is 17.0 Å². The Bertz CT molecular complexity index is 776. The van der Waals surface area contributed by atoms with Gasteiger partial charge in [-0.2, -0.15) is 0 Å². The molecule has 2 aliphatic heterocycles. The first-order valence-electron chi connectivity index (χ1n) is 9.54. The Morgan fingerprint density at radius 1 is 1.19 bits per heavy atom. The molecule has 0 N–H and O–H groups in total. The van der Waals surface area contributed by atoms with E-state index in [-0.39, 0.29) is 11.3 Å². The first-order chi connectivity index (χ1) is 12.7. The summed E-state index contributed by atoms with van der Waals surface area (Å²) in [4.78, 5) is 17.1. The summed E-state index contributed by atoms with van der Waals surface area (Å²) in [7, 11) is -3.18. The number of nitrogens with zero attached hydrogens (tertiary/aromatic N) is 2. The lowest BCUT2D eigenvalue weighted by atomic mass is 9.87. The molecule has 27 heavy (non-hydrogen) atoms. The SMILES string of the molecule is CC(C)CN1C[C@]2(COCCN(Cc3ccc(S(C)(=O)=O)cc3)C2)CC1=O. The number of sulfone groups is 1. The fourth-order valence-electron chi connectivity index (χ4n) is 4.11. The van der Waals surface area contributed by atoms with Crippen molar-refractivity contribution in [3.63, 3.8) is 0 Å². The molecule has 0 saturated carbocycles. The molecule has 2 heterocycles. The number of rotatable bonds is 5. The number of carbonyl (C=O) groups is 1. The van der Waals surface area contributed by atoms with Crippen molar-refractivity contribution < 1.29 is 17.9 Å². The number of hydrogen-bond acceptors (Lipinski definition) is 5. The van der Waals surface area contributed by atoms with Gasteiger partial charge in [-0.1, -0.05) is 26.0 Å². The van der Waals surface area contributed by atoms with Crippen LogP contribution in [-0.2, 0) is 25.9 Å². The van der Waals surface area contributed by atoms with Crippen LogP contribution in [0.2, 0.25) is 0 Å². The predicted octanol–water partition coefficient (Wildman–Crippen LogP) is 1.80. The van der Waals surface area contributed by atoms with Gasteiger partial charge in [0.1, 0.15) is 0 Å². The minimum absolute atomic E-state index is 0.144. The lowest BCUT2D eigenvalue weighted by Crippen LogP contribution is -2.41. The zero-order chi connectivity index (χ0) is 19.7. The molecule has 150 valence electrons. The number of benzene rings is 1. The van der Waals surface area contributed by atoms with Gasteiger partial charge in [0, 0.05) is 50.8 Å². The van der Waals surface area contributed by atoms with Crippen LogP contribution in [0.3, 0.4) is 0 Å². The Morgan fingerprint density at radius 3 is 2.52 bits per heavy atom. The van der Waals surface area contributed by atoms with Crippen LogP contribution in [0, 0.1) is 11.3 Å². The van der Waals surface area contributed by atoms with Crippen molar-refractivity contribution in [3.8, 4) is 0 Å². The van der Waals surface area contributed by atoms with E-state index < -0.39 is 9.84 Å². The van der Waals surface area contributed by atoms with Gasteiger partial charge in [0.05, 0.1) is 18.1 Å². The normalized spacial score (nSPS) is 24.7. The van der Waals surface area contributed by atoms with Gasteiger partial charge in [0.25, 0.3) is 0 Å². The largest absolute Gasteiger partial charge is 0.379 e. The van der Waals surface area contributed by atoms with Gasteiger partial charge in [0.15, 0.2) is 9.84 Å². The molecule has 0 aliphatic carbocycles. The molecular weight excluding hydrogens is 364 g/mol. The van der Waals surface area contributed by atoms with E-state index in [1.54, 1.807) is 12.1 Å². The van der Waals surface area contributed by atoms with Crippen molar-refractivity contribution in [2.45, 2.75) is 31.7 Å². The Labute approximate surface area is 162 Å². The number of ether oxygens (including phenoxy) is 1. The Hall–Kier alpha value is -1.44. The Balaban J connectivity index is 1.69. The molecule has 7 heteroatoms. The monoisotopic (exact) mass is 394 g/mol. The molecule has 1 amide bonds. The highest BCUT2D eigenvalue weighted by Crippen LogP contribution is 2.35. The zero-order valence-corrected chi connectivity index (χ0v) is 17.3. The highest BCUT2D eigenvalue weighted by atomic mass is 32.2. The van der Waals surface area contributed by atoms with Crippen LogP contribution >= 0.6 is 0 Å². The average Bonchev–Trinajstić information content (AvgIpc) is 2.74. The quantitative estimate of drug-likeness (QED) is 0.762. The van der Waals surface area contributed by atoms with Gasteiger partial charge >= 0.3 is 0 Å². The fraction of sp³-hybridized carbons (Fsp3) is 0.650. The van der Waals surface area contributed by atoms with Crippen molar-refractivity contribution in [1.82, 2.24) is 9.80 Å². The summed E-state index contributed by atoms with van der Waals surface area (Å²) in [6, 6.07) is 7.08. The fourth-order valence-corrected chi connectivity index (χ4v) is 4.74. The third kappa shape index (κ3) is 5.09. The van der Waals surface area contributed by atoms with Crippen molar-refractivity contribution in [2.75, 3.05) is 45.6 Å². The predicted molar refractivity (Wildman–Crippen MR) is 104 cm³/mol. The molecule has 1 spiro atoms. The van der Waals surface area contributed by atoms with Crippen LogP contribution in [0.25, 0.3) is 0 Å². The van der Waals surface area contributed by atoms with Gasteiger partial charge in [-0.05, 0) is 23.6 Å². The van der Waals surface area contributed by atoms with Crippen LogP contribution in [0.5, 0.6) is 0 Å². The molecule has 2 aliphatic rings. The molecule has 1 atom stereocenters. The van der Waals surface area contributed by atoms with Gasteiger partial charge in [-0.15, -0.1) is 0 Å². The number of likely N-dealkylation sites (tertiary alicyclic amines) is 1. The summed E-state index contributed by atoms with van der Waals surface area (Å²) in [6.45, 7) is 9.46. The lowest BCUT2D eigenvalue weighted by Gasteiger charge is -2.31. The third-order valence-electron chi connectivity index (χ3n) is 5.27. The standard InChI is InChI=1S/C20H30N2O4S/c1-16(2)11-22-14-20(10-19(22)23)13-21(8-9-26-15-20)12-17-4-6-18(7-5-17)27(3,24)25/h4-7,16H,8-15H2,1-3H3/t20-/m0/s1. The maximum atomic E-state index is 12.5. The smallest absolute Gasteiger partial charge is 0.223 e. The second-order valence-electron chi connectivity index (χ2n) is 8.52. The van der Waals surface area contributed by atoms with Crippen LogP contribution in [0.15, 0.2) is 29.2 Å². The second kappa shape index (κ2) is 7.89. The first kappa shape index (κ1) is 20.3. The third-order valence-corrected chi connectivity index (χ3v) is 6.40. The summed E-state index contributed by atoms with van der Waals surface area (Å²) < 4.78 is 29.1. The minimum Gasteiger partial charge on any atom is -0.379 e. The average molecular weight is 395 g/mol. The van der Waals surface area contributed by atoms with Crippen molar-refractivity contribution in [1.29, 1.82) is 0 Å². The van der Waals surface area contributed by atoms with Gasteiger partial charge in [-0.3, -0.25) is 9.69 Å². The van der Waals surface area contributed by atoms with Crippen molar-refractivity contribution in [2.24, 2.45) is 11.3 Å². The minimum atomic E-state index is -3.18. The first-order valence-corrected chi connectivity index (χ1v) is 11.4. The number of hydrogen-bond donors (Lipinski definition) is 0. The zero-order valence-electron chi connectivity index (χ0n) is 16.5. The summed E-state index contributed by atoms with van der Waals surface area (Å²) in [5, 5.41) is 0. The van der Waals surface area contributed by atoms with E-state index in [1.165, 1.54) is 6.26 Å². The van der Waals surface area contributed by atoms with Gasteiger partial charge in [0.2, 0.25) is 5.91 Å². The van der Waals surface area contributed by atoms with E-state index in [2.05, 4.69) is 18.7 Å². The lowest BCUT2D eigenvalue weighted by molar-refractivity contribution is -0.128. The summed E-state index contributed by atoms with van der Waals surface area (Å²) in [6.07, 6.45) is 1.77. The molecule has 0 unspecified atom stereocenters. The molecule has 2 fully saturated rings. The molecule has 6 nitrogen and oxygen atoms in total. The van der Waals surface area contributed by atoms with E-state index in [9.17, 15) is 13.2 Å². The molecule has 1 aromatic carbocycles. The van der Waals surface area contributed by atoms with E-state index >= 15 is 0 Å². The molecule has 2 saturated heterocycles. The second-order valence-corrected chi connectivity index (χ2v) is 10.5. The molecule has 0 aromatic heterocycles. The van der Waals surface area contributed by atoms with Crippen LogP contribution in [0.1, 0.15) is 25.8 Å². The molecule has 3 rings (SSSR count). The Morgan fingerprint density at radius 2 is 1.89 bits per heavy atom. The van der Waals surface area contributed by atoms with Crippen LogP contribution < -0.4 is 0 Å². The summed E-state index contributed by atoms with van der Waals surface area (Å²) in [5.41, 5.74) is 0.928. The van der Waals surface area contributed by atoms with Crippen molar-refractivity contribution >= 4 is 15.7 Å². The highest BCUT2D eigenvalue weighted by Gasteiger charge is 2.45. The maximum absolute atomic E-state index is 12.5. The number of amides is 1. The molecule has 0 radical (unpaired) electrons. The molecular formula is C20H30N2O4S. The van der Waals surface area contributed by atoms with Gasteiger partial charge in [-0.25, -0.2) is 8.42 Å². The molecule has 1 aromatic rings. The Kier molecular flexibility index (Phi) is 5.93. The van der Waals surface area contributed by atoms with Crippen LogP contribution in [-0.4, -0.2) is 69.8 Å². The van der Waals surface area contributed by atoms with E-state index in [0.717, 1.165) is 38.3 Å².